The third kappa shape index (κ3) is 4.05. The van der Waals surface area contributed by atoms with Gasteiger partial charge in [0.2, 0.25) is 0 Å². The fraction of sp³-hybridized carbons (Fsp3) is 0.172. The molecule has 0 bridgehead atoms. The lowest BCUT2D eigenvalue weighted by atomic mass is 9.69. The fourth-order valence-corrected chi connectivity index (χ4v) is 4.46. The van der Waals surface area contributed by atoms with Crippen LogP contribution in [0.5, 0.6) is 0 Å². The van der Waals surface area contributed by atoms with Crippen molar-refractivity contribution in [1.29, 1.82) is 0 Å². The summed E-state index contributed by atoms with van der Waals surface area (Å²) in [5.41, 5.74) is 4.02. The lowest BCUT2D eigenvalue weighted by Gasteiger charge is -2.42. The van der Waals surface area contributed by atoms with E-state index in [1.54, 1.807) is 0 Å². The summed E-state index contributed by atoms with van der Waals surface area (Å²) < 4.78 is 12.5. The predicted octanol–water partition coefficient (Wildman–Crippen LogP) is 6.18. The molecule has 2 nitrogen and oxygen atoms in total. The van der Waals surface area contributed by atoms with Gasteiger partial charge in [0.1, 0.15) is 11.7 Å². The average Bonchev–Trinajstić information content (AvgIpc) is 3.69. The minimum atomic E-state index is -0.697. The summed E-state index contributed by atoms with van der Waals surface area (Å²) in [6.07, 6.45) is 0.166. The third-order valence-corrected chi connectivity index (χ3v) is 5.98. The van der Waals surface area contributed by atoms with Crippen molar-refractivity contribution in [2.75, 3.05) is 13.2 Å². The highest BCUT2D eigenvalue weighted by Crippen LogP contribution is 2.49. The number of benzene rings is 4. The smallest absolute Gasteiger partial charge is 0.129 e. The average molecular weight is 407 g/mol. The van der Waals surface area contributed by atoms with Gasteiger partial charge >= 0.3 is 0 Å². The fourth-order valence-electron chi connectivity index (χ4n) is 4.46. The highest BCUT2D eigenvalue weighted by atomic mass is 16.6. The molecule has 1 aliphatic heterocycles. The number of hydrogen-bond donors (Lipinski definition) is 0. The van der Waals surface area contributed by atoms with Gasteiger partial charge in [-0.1, -0.05) is 121 Å². The molecule has 1 saturated heterocycles. The molecule has 1 heterocycles. The lowest BCUT2D eigenvalue weighted by molar-refractivity contribution is -0.0374. The van der Waals surface area contributed by atoms with Crippen molar-refractivity contribution < 1.29 is 9.47 Å². The summed E-state index contributed by atoms with van der Waals surface area (Å²) in [5, 5.41) is 0. The zero-order valence-corrected chi connectivity index (χ0v) is 17.4. The van der Waals surface area contributed by atoms with Crippen LogP contribution in [-0.4, -0.2) is 19.3 Å². The molecule has 154 valence electrons. The Bertz CT molecular complexity index is 996. The topological polar surface area (TPSA) is 21.8 Å². The van der Waals surface area contributed by atoms with Crippen molar-refractivity contribution in [3.63, 3.8) is 0 Å². The maximum absolute atomic E-state index is 6.97. The Kier molecular flexibility index (Phi) is 5.66. The number of epoxide rings is 1. The Morgan fingerprint density at radius 1 is 0.645 bits per heavy atom. The molecule has 0 amide bonds. The minimum absolute atomic E-state index is 0.0292. The van der Waals surface area contributed by atoms with E-state index in [-0.39, 0.29) is 12.0 Å². The first-order valence-electron chi connectivity index (χ1n) is 10.8. The summed E-state index contributed by atoms with van der Waals surface area (Å²) in [6, 6.07) is 42.6. The molecule has 5 rings (SSSR count). The Labute approximate surface area is 184 Å². The molecule has 31 heavy (non-hydrogen) atoms. The van der Waals surface area contributed by atoms with E-state index in [0.29, 0.717) is 6.61 Å². The van der Waals surface area contributed by atoms with Gasteiger partial charge in [-0.15, -0.1) is 0 Å². The first-order chi connectivity index (χ1) is 15.4. The standard InChI is InChI=1S/C29H26O2/c1-5-13-23(14-6-1)28(24-15-7-2-8-16-24)29(31-22-27-21-30-27,25-17-9-3-10-18-25)26-19-11-4-12-20-26/h1-20,27-28H,21-22H2. The molecule has 1 fully saturated rings. The van der Waals surface area contributed by atoms with Crippen molar-refractivity contribution >= 4 is 0 Å². The second-order valence-corrected chi connectivity index (χ2v) is 7.99. The zero-order valence-electron chi connectivity index (χ0n) is 17.4. The summed E-state index contributed by atoms with van der Waals surface area (Å²) in [6.45, 7) is 1.32. The molecule has 1 atom stereocenters. The quantitative estimate of drug-likeness (QED) is 0.326. The van der Waals surface area contributed by atoms with E-state index in [4.69, 9.17) is 9.47 Å². The molecule has 0 N–H and O–H groups in total. The molecule has 0 spiro atoms. The van der Waals surface area contributed by atoms with Gasteiger partial charge in [-0.05, 0) is 22.3 Å². The Morgan fingerprint density at radius 3 is 1.42 bits per heavy atom. The number of hydrogen-bond acceptors (Lipinski definition) is 2. The van der Waals surface area contributed by atoms with Gasteiger partial charge in [-0.2, -0.15) is 0 Å². The molecule has 0 aromatic heterocycles. The van der Waals surface area contributed by atoms with Gasteiger partial charge in [-0.3, -0.25) is 0 Å². The highest BCUT2D eigenvalue weighted by Gasteiger charge is 2.46. The van der Waals surface area contributed by atoms with Gasteiger partial charge in [0.15, 0.2) is 0 Å². The second kappa shape index (κ2) is 8.89. The van der Waals surface area contributed by atoms with Gasteiger partial charge in [0, 0.05) is 5.92 Å². The Balaban J connectivity index is 1.79. The van der Waals surface area contributed by atoms with Crippen LogP contribution >= 0.6 is 0 Å². The van der Waals surface area contributed by atoms with E-state index < -0.39 is 5.60 Å². The summed E-state index contributed by atoms with van der Waals surface area (Å²) in [7, 11) is 0. The molecular formula is C29H26O2. The molecule has 0 saturated carbocycles. The van der Waals surface area contributed by atoms with Crippen molar-refractivity contribution in [3.05, 3.63) is 144 Å². The van der Waals surface area contributed by atoms with E-state index in [2.05, 4.69) is 121 Å². The van der Waals surface area contributed by atoms with Gasteiger partial charge < -0.3 is 9.47 Å². The van der Waals surface area contributed by atoms with E-state index in [1.165, 1.54) is 11.1 Å². The monoisotopic (exact) mass is 406 g/mol. The van der Waals surface area contributed by atoms with Crippen molar-refractivity contribution in [3.8, 4) is 0 Å². The molecule has 4 aromatic carbocycles. The van der Waals surface area contributed by atoms with Crippen LogP contribution in [-0.2, 0) is 15.1 Å². The SMILES string of the molecule is c1ccc(C(c2ccccc2)C(OCC2CO2)(c2ccccc2)c2ccccc2)cc1. The normalized spacial score (nSPS) is 15.7. The molecule has 1 aliphatic rings. The largest absolute Gasteiger partial charge is 0.371 e. The van der Waals surface area contributed by atoms with Crippen molar-refractivity contribution in [2.24, 2.45) is 0 Å². The van der Waals surface area contributed by atoms with Crippen LogP contribution in [0.2, 0.25) is 0 Å². The van der Waals surface area contributed by atoms with Gasteiger partial charge in [-0.25, -0.2) is 0 Å². The van der Waals surface area contributed by atoms with Crippen LogP contribution in [0.4, 0.5) is 0 Å². The van der Waals surface area contributed by atoms with E-state index in [9.17, 15) is 0 Å². The molecule has 2 heteroatoms. The van der Waals surface area contributed by atoms with Crippen LogP contribution < -0.4 is 0 Å². The van der Waals surface area contributed by atoms with Crippen LogP contribution in [0.25, 0.3) is 0 Å². The van der Waals surface area contributed by atoms with Gasteiger partial charge in [0.25, 0.3) is 0 Å². The molecule has 1 unspecified atom stereocenters. The number of ether oxygens (including phenoxy) is 2. The van der Waals surface area contributed by atoms with Gasteiger partial charge in [0.05, 0.1) is 13.2 Å². The van der Waals surface area contributed by atoms with Crippen LogP contribution in [0.1, 0.15) is 28.2 Å². The second-order valence-electron chi connectivity index (χ2n) is 7.99. The first kappa shape index (κ1) is 19.7. The minimum Gasteiger partial charge on any atom is -0.371 e. The van der Waals surface area contributed by atoms with Crippen molar-refractivity contribution in [2.45, 2.75) is 17.6 Å². The Morgan fingerprint density at radius 2 is 1.03 bits per heavy atom. The van der Waals surface area contributed by atoms with E-state index in [1.807, 2.05) is 0 Å². The predicted molar refractivity (Wildman–Crippen MR) is 124 cm³/mol. The van der Waals surface area contributed by atoms with Crippen LogP contribution in [0, 0.1) is 0 Å². The third-order valence-electron chi connectivity index (χ3n) is 5.98. The zero-order chi connectivity index (χ0) is 20.9. The highest BCUT2D eigenvalue weighted by molar-refractivity contribution is 5.48. The molecule has 4 aromatic rings. The summed E-state index contributed by atoms with van der Waals surface area (Å²) in [5.74, 6) is -0.0292. The van der Waals surface area contributed by atoms with Crippen molar-refractivity contribution in [1.82, 2.24) is 0 Å². The summed E-state index contributed by atoms with van der Waals surface area (Å²) in [4.78, 5) is 0. The molecule has 0 radical (unpaired) electrons. The van der Waals surface area contributed by atoms with E-state index in [0.717, 1.165) is 17.7 Å². The lowest BCUT2D eigenvalue weighted by Crippen LogP contribution is -2.40. The Hall–Kier alpha value is -3.20. The molecular weight excluding hydrogens is 380 g/mol. The summed E-state index contributed by atoms with van der Waals surface area (Å²) >= 11 is 0. The van der Waals surface area contributed by atoms with Crippen LogP contribution in [0.15, 0.2) is 121 Å². The van der Waals surface area contributed by atoms with Crippen LogP contribution in [0.3, 0.4) is 0 Å². The van der Waals surface area contributed by atoms with E-state index >= 15 is 0 Å². The maximum atomic E-state index is 6.97. The molecule has 0 aliphatic carbocycles. The first-order valence-corrected chi connectivity index (χ1v) is 10.8. The number of rotatable bonds is 8. The maximum Gasteiger partial charge on any atom is 0.129 e.